The van der Waals surface area contributed by atoms with Gasteiger partial charge in [-0.05, 0) is 20.8 Å². The number of amides is 1. The molecule has 112 valence electrons. The minimum Gasteiger partial charge on any atom is -0.477 e. The highest BCUT2D eigenvalue weighted by molar-refractivity contribution is 8.04. The molecule has 2 atom stereocenters. The van der Waals surface area contributed by atoms with Crippen molar-refractivity contribution >= 4 is 23.6 Å². The number of thioether (sulfide) groups is 1. The molecule has 0 radical (unpaired) electrons. The van der Waals surface area contributed by atoms with Crippen LogP contribution in [0.4, 0.5) is 0 Å². The molecule has 2 heterocycles. The molecule has 2 rings (SSSR count). The summed E-state index contributed by atoms with van der Waals surface area (Å²) in [7, 11) is 0. The van der Waals surface area contributed by atoms with E-state index in [0.717, 1.165) is 0 Å². The number of aliphatic hydroxyl groups is 1. The van der Waals surface area contributed by atoms with Gasteiger partial charge in [-0.1, -0.05) is 0 Å². The quantitative estimate of drug-likeness (QED) is 0.634. The predicted octanol–water partition coefficient (Wildman–Crippen LogP) is 0.366. The Balaban J connectivity index is 2.37. The van der Waals surface area contributed by atoms with E-state index in [9.17, 15) is 19.8 Å². The predicted molar refractivity (Wildman–Crippen MR) is 75.8 cm³/mol. The number of hydrogen-bond donors (Lipinski definition) is 3. The number of carbonyl (C=O) groups is 2. The lowest BCUT2D eigenvalue weighted by molar-refractivity contribution is -0.168. The molecule has 0 bridgehead atoms. The van der Waals surface area contributed by atoms with Crippen LogP contribution >= 0.6 is 11.8 Å². The molecule has 6 nitrogen and oxygen atoms in total. The summed E-state index contributed by atoms with van der Waals surface area (Å²) in [5, 5.41) is 18.7. The summed E-state index contributed by atoms with van der Waals surface area (Å²) in [6, 6.07) is 0. The number of carboxylic acids is 1. The Morgan fingerprint density at radius 3 is 2.65 bits per heavy atom. The monoisotopic (exact) mass is 300 g/mol. The highest BCUT2D eigenvalue weighted by atomic mass is 32.2. The average molecular weight is 300 g/mol. The summed E-state index contributed by atoms with van der Waals surface area (Å²) in [4.78, 5) is 25.5. The van der Waals surface area contributed by atoms with Gasteiger partial charge in [0.05, 0.1) is 18.1 Å². The molecule has 4 N–H and O–H groups in total. The summed E-state index contributed by atoms with van der Waals surface area (Å²) in [5.41, 5.74) is 5.12. The van der Waals surface area contributed by atoms with Gasteiger partial charge in [-0.25, -0.2) is 4.79 Å². The molecule has 7 heteroatoms. The van der Waals surface area contributed by atoms with Gasteiger partial charge in [0.2, 0.25) is 5.91 Å². The zero-order chi connectivity index (χ0) is 15.3. The Morgan fingerprint density at radius 1 is 1.60 bits per heavy atom. The fourth-order valence-electron chi connectivity index (χ4n) is 2.81. The summed E-state index contributed by atoms with van der Waals surface area (Å²) in [5.74, 6) is -1.93. The van der Waals surface area contributed by atoms with Gasteiger partial charge in [0.25, 0.3) is 0 Å². The molecule has 2 unspecified atom stereocenters. The highest BCUT2D eigenvalue weighted by Crippen LogP contribution is 2.54. The van der Waals surface area contributed by atoms with Gasteiger partial charge in [-0.15, -0.1) is 11.8 Å². The topological polar surface area (TPSA) is 104 Å². The zero-order valence-corrected chi connectivity index (χ0v) is 12.7. The van der Waals surface area contributed by atoms with E-state index in [0.29, 0.717) is 17.9 Å². The van der Waals surface area contributed by atoms with Crippen molar-refractivity contribution in [3.05, 3.63) is 10.6 Å². The maximum Gasteiger partial charge on any atom is 0.353 e. The lowest BCUT2D eigenvalue weighted by Gasteiger charge is -2.51. The standard InChI is InChI=1S/C13H20N2O4S/c1-12(2,6-14)20-8-4-13(3)7(5-16)10(17)15(13)9(8)11(18)19/h7,16H,4-6,14H2,1-3H3,(H,18,19). The Labute approximate surface area is 122 Å². The molecule has 1 fully saturated rings. The third-order valence-electron chi connectivity index (χ3n) is 4.06. The number of rotatable bonds is 5. The van der Waals surface area contributed by atoms with E-state index >= 15 is 0 Å². The highest BCUT2D eigenvalue weighted by Gasteiger charge is 2.63. The van der Waals surface area contributed by atoms with E-state index in [2.05, 4.69) is 0 Å². The van der Waals surface area contributed by atoms with Gasteiger partial charge in [-0.3, -0.25) is 9.69 Å². The van der Waals surface area contributed by atoms with Gasteiger partial charge >= 0.3 is 5.97 Å². The van der Waals surface area contributed by atoms with Crippen molar-refractivity contribution in [3.8, 4) is 0 Å². The lowest BCUT2D eigenvalue weighted by Crippen LogP contribution is -2.68. The maximum absolute atomic E-state index is 12.0. The normalized spacial score (nSPS) is 29.6. The first-order chi connectivity index (χ1) is 9.18. The number of hydrogen-bond acceptors (Lipinski definition) is 5. The van der Waals surface area contributed by atoms with Crippen LogP contribution in [0, 0.1) is 5.92 Å². The van der Waals surface area contributed by atoms with Gasteiger partial charge < -0.3 is 15.9 Å². The number of fused-ring (bicyclic) bond motifs is 1. The van der Waals surface area contributed by atoms with Crippen LogP contribution in [0.15, 0.2) is 10.6 Å². The van der Waals surface area contributed by atoms with Crippen molar-refractivity contribution in [1.82, 2.24) is 4.90 Å². The van der Waals surface area contributed by atoms with Crippen molar-refractivity contribution in [1.29, 1.82) is 0 Å². The fraction of sp³-hybridized carbons (Fsp3) is 0.692. The van der Waals surface area contributed by atoms with Crippen LogP contribution in [0.3, 0.4) is 0 Å². The summed E-state index contributed by atoms with van der Waals surface area (Å²) < 4.78 is -0.297. The zero-order valence-electron chi connectivity index (χ0n) is 11.8. The maximum atomic E-state index is 12.0. The van der Waals surface area contributed by atoms with Crippen LogP contribution in [0.2, 0.25) is 0 Å². The van der Waals surface area contributed by atoms with Gasteiger partial charge in [-0.2, -0.15) is 0 Å². The third-order valence-corrected chi connectivity index (χ3v) is 5.37. The number of nitrogens with two attached hydrogens (primary N) is 1. The first-order valence-electron chi connectivity index (χ1n) is 6.48. The molecular weight excluding hydrogens is 280 g/mol. The van der Waals surface area contributed by atoms with Gasteiger partial charge in [0.15, 0.2) is 0 Å². The summed E-state index contributed by atoms with van der Waals surface area (Å²) >= 11 is 1.40. The molecule has 0 aromatic rings. The number of aliphatic hydroxyl groups excluding tert-OH is 1. The average Bonchev–Trinajstić information content (AvgIpc) is 2.59. The molecule has 1 saturated heterocycles. The summed E-state index contributed by atoms with van der Waals surface area (Å²) in [6.45, 7) is 5.85. The van der Waals surface area contributed by atoms with Crippen molar-refractivity contribution in [2.75, 3.05) is 13.2 Å². The Hall–Kier alpha value is -1.05. The molecular formula is C13H20N2O4S. The first-order valence-corrected chi connectivity index (χ1v) is 7.30. The van der Waals surface area contributed by atoms with E-state index in [4.69, 9.17) is 5.73 Å². The molecule has 0 saturated carbocycles. The molecule has 0 aromatic carbocycles. The molecule has 2 aliphatic heterocycles. The number of aliphatic carboxylic acids is 1. The lowest BCUT2D eigenvalue weighted by atomic mass is 9.75. The van der Waals surface area contributed by atoms with Crippen LogP contribution in [0.5, 0.6) is 0 Å². The van der Waals surface area contributed by atoms with Crippen LogP contribution in [-0.2, 0) is 9.59 Å². The Morgan fingerprint density at radius 2 is 2.20 bits per heavy atom. The minimum atomic E-state index is -1.10. The van der Waals surface area contributed by atoms with Crippen LogP contribution in [0.25, 0.3) is 0 Å². The second-order valence-corrected chi connectivity index (χ2v) is 7.89. The van der Waals surface area contributed by atoms with Gasteiger partial charge in [0.1, 0.15) is 5.70 Å². The fourth-order valence-corrected chi connectivity index (χ4v) is 4.20. The molecule has 0 spiro atoms. The minimum absolute atomic E-state index is 0.0497. The van der Waals surface area contributed by atoms with E-state index in [1.165, 1.54) is 16.7 Å². The third kappa shape index (κ3) is 2.04. The first kappa shape index (κ1) is 15.3. The molecule has 1 amide bonds. The van der Waals surface area contributed by atoms with Crippen molar-refractivity contribution in [2.24, 2.45) is 11.7 Å². The molecule has 0 aliphatic carbocycles. The Bertz CT molecular complexity index is 503. The van der Waals surface area contributed by atoms with Crippen LogP contribution in [0.1, 0.15) is 27.2 Å². The van der Waals surface area contributed by atoms with Crippen molar-refractivity contribution < 1.29 is 19.8 Å². The molecule has 2 aliphatic rings. The molecule has 0 aromatic heterocycles. The number of carbonyl (C=O) groups excluding carboxylic acids is 1. The van der Waals surface area contributed by atoms with E-state index < -0.39 is 17.4 Å². The van der Waals surface area contributed by atoms with Crippen molar-refractivity contribution in [2.45, 2.75) is 37.5 Å². The van der Waals surface area contributed by atoms with E-state index in [1.54, 1.807) is 0 Å². The van der Waals surface area contributed by atoms with E-state index in [-0.39, 0.29) is 23.0 Å². The smallest absolute Gasteiger partial charge is 0.353 e. The van der Waals surface area contributed by atoms with Crippen LogP contribution < -0.4 is 5.73 Å². The van der Waals surface area contributed by atoms with Crippen molar-refractivity contribution in [3.63, 3.8) is 0 Å². The van der Waals surface area contributed by atoms with Gasteiger partial charge in [0, 0.05) is 22.6 Å². The second kappa shape index (κ2) is 4.75. The second-order valence-electron chi connectivity index (χ2n) is 6.09. The van der Waals surface area contributed by atoms with Crippen LogP contribution in [-0.4, -0.2) is 50.4 Å². The summed E-state index contributed by atoms with van der Waals surface area (Å²) in [6.07, 6.45) is 0.458. The largest absolute Gasteiger partial charge is 0.477 e. The SMILES string of the molecule is CC(C)(CN)SC1=C(C(=O)O)N2C(=O)C(CO)C2(C)C1. The number of β-lactam (4-membered cyclic amide) rings is 1. The number of carboxylic acid groups (broad SMARTS) is 1. The number of nitrogens with zero attached hydrogens (tertiary/aromatic N) is 1. The van der Waals surface area contributed by atoms with E-state index in [1.807, 2.05) is 20.8 Å². The molecule has 20 heavy (non-hydrogen) atoms. The Kier molecular flexibility index (Phi) is 3.64.